The van der Waals surface area contributed by atoms with Gasteiger partial charge in [-0.25, -0.2) is 0 Å². The van der Waals surface area contributed by atoms with Crippen LogP contribution in [0.5, 0.6) is 0 Å². The van der Waals surface area contributed by atoms with Gasteiger partial charge in [0.15, 0.2) is 0 Å². The van der Waals surface area contributed by atoms with Crippen molar-refractivity contribution in [2.24, 2.45) is 0 Å². The zero-order valence-electron chi connectivity index (χ0n) is 5.33. The van der Waals surface area contributed by atoms with Crippen LogP contribution >= 0.6 is 0 Å². The molecule has 0 spiro atoms. The minimum absolute atomic E-state index is 0.868. The zero-order chi connectivity index (χ0) is 6.53. The number of aromatic nitrogens is 3. The molecule has 0 aromatic carbocycles. The third-order valence-corrected chi connectivity index (χ3v) is 1.03. The number of hydrogen-bond donors (Lipinski definition) is 1. The summed E-state index contributed by atoms with van der Waals surface area (Å²) in [7, 11) is 0. The van der Waals surface area contributed by atoms with Crippen LogP contribution in [0.1, 0.15) is 12.6 Å². The summed E-state index contributed by atoms with van der Waals surface area (Å²) in [5.41, 5.74) is 0.980. The van der Waals surface area contributed by atoms with E-state index in [2.05, 4.69) is 15.4 Å². The van der Waals surface area contributed by atoms with E-state index in [1.165, 1.54) is 0 Å². The Labute approximate surface area is 53.8 Å². The predicted octanol–water partition coefficient (Wildman–Crippen LogP) is 0.923. The van der Waals surface area contributed by atoms with Crippen LogP contribution in [0.3, 0.4) is 0 Å². The van der Waals surface area contributed by atoms with Gasteiger partial charge in [-0.2, -0.15) is 15.4 Å². The molecule has 1 heterocycles. The lowest BCUT2D eigenvalue weighted by molar-refractivity contribution is 0.919. The highest BCUT2D eigenvalue weighted by atomic mass is 15.3. The summed E-state index contributed by atoms with van der Waals surface area (Å²) in [5.74, 6) is 0. The highest BCUT2D eigenvalue weighted by molar-refractivity contribution is 4.98. The summed E-state index contributed by atoms with van der Waals surface area (Å²) in [6, 6.07) is 0. The van der Waals surface area contributed by atoms with E-state index in [1.54, 1.807) is 6.20 Å². The molecule has 9 heavy (non-hydrogen) atoms. The van der Waals surface area contributed by atoms with Crippen molar-refractivity contribution in [1.82, 2.24) is 15.4 Å². The summed E-state index contributed by atoms with van der Waals surface area (Å²) in [5, 5.41) is 10.1. The Morgan fingerprint density at radius 2 is 2.67 bits per heavy atom. The van der Waals surface area contributed by atoms with E-state index in [9.17, 15) is 0 Å². The van der Waals surface area contributed by atoms with E-state index in [0.717, 1.165) is 12.1 Å². The van der Waals surface area contributed by atoms with Crippen molar-refractivity contribution in [2.75, 3.05) is 0 Å². The molecule has 0 unspecified atom stereocenters. The molecule has 0 aliphatic heterocycles. The van der Waals surface area contributed by atoms with Crippen LogP contribution in [-0.4, -0.2) is 15.4 Å². The van der Waals surface area contributed by atoms with Gasteiger partial charge in [0.25, 0.3) is 0 Å². The van der Waals surface area contributed by atoms with E-state index in [4.69, 9.17) is 0 Å². The van der Waals surface area contributed by atoms with Crippen LogP contribution in [0.2, 0.25) is 0 Å². The molecule has 1 aromatic rings. The molecule has 0 atom stereocenters. The van der Waals surface area contributed by atoms with Crippen LogP contribution in [0.4, 0.5) is 0 Å². The van der Waals surface area contributed by atoms with Gasteiger partial charge in [0.05, 0.1) is 11.9 Å². The number of allylic oxidation sites excluding steroid dienone is 2. The molecule has 0 radical (unpaired) electrons. The summed E-state index contributed by atoms with van der Waals surface area (Å²) in [6.07, 6.45) is 6.62. The van der Waals surface area contributed by atoms with Crippen LogP contribution in [0.25, 0.3) is 0 Å². The molecular formula is C6H9N3. The first-order valence-corrected chi connectivity index (χ1v) is 2.89. The maximum Gasteiger partial charge on any atom is 0.0862 e. The lowest BCUT2D eigenvalue weighted by Gasteiger charge is -1.80. The minimum Gasteiger partial charge on any atom is -0.198 e. The number of hydrogen-bond acceptors (Lipinski definition) is 2. The van der Waals surface area contributed by atoms with Crippen LogP contribution in [0, 0.1) is 0 Å². The third-order valence-electron chi connectivity index (χ3n) is 1.03. The van der Waals surface area contributed by atoms with Crippen molar-refractivity contribution in [3.63, 3.8) is 0 Å². The van der Waals surface area contributed by atoms with Crippen molar-refractivity contribution in [3.05, 3.63) is 24.0 Å². The second-order valence-electron chi connectivity index (χ2n) is 1.73. The van der Waals surface area contributed by atoms with Gasteiger partial charge in [0.1, 0.15) is 0 Å². The monoisotopic (exact) mass is 123 g/mol. The fourth-order valence-corrected chi connectivity index (χ4v) is 0.562. The average molecular weight is 123 g/mol. The van der Waals surface area contributed by atoms with Gasteiger partial charge in [-0.1, -0.05) is 12.2 Å². The van der Waals surface area contributed by atoms with Gasteiger partial charge in [0, 0.05) is 6.42 Å². The maximum atomic E-state index is 3.87. The number of H-pyrrole nitrogens is 1. The second kappa shape index (κ2) is 3.02. The SMILES string of the molecule is CC=CCc1cn[nH]n1. The van der Waals surface area contributed by atoms with Crippen LogP contribution < -0.4 is 0 Å². The summed E-state index contributed by atoms with van der Waals surface area (Å²) in [6.45, 7) is 1.99. The van der Waals surface area contributed by atoms with E-state index in [1.807, 2.05) is 19.1 Å². The van der Waals surface area contributed by atoms with Crippen molar-refractivity contribution < 1.29 is 0 Å². The Kier molecular flexibility index (Phi) is 2.01. The Balaban J connectivity index is 2.48. The fourth-order valence-electron chi connectivity index (χ4n) is 0.562. The smallest absolute Gasteiger partial charge is 0.0862 e. The molecule has 3 nitrogen and oxygen atoms in total. The summed E-state index contributed by atoms with van der Waals surface area (Å²) in [4.78, 5) is 0. The summed E-state index contributed by atoms with van der Waals surface area (Å²) < 4.78 is 0. The van der Waals surface area contributed by atoms with Gasteiger partial charge in [0.2, 0.25) is 0 Å². The number of nitrogens with one attached hydrogen (secondary N) is 1. The number of nitrogens with zero attached hydrogens (tertiary/aromatic N) is 2. The standard InChI is InChI=1S/C6H9N3/c1-2-3-4-6-5-7-9-8-6/h2-3,5H,4H2,1H3,(H,7,8,9). The van der Waals surface area contributed by atoms with Crippen molar-refractivity contribution in [1.29, 1.82) is 0 Å². The van der Waals surface area contributed by atoms with Crippen molar-refractivity contribution in [2.45, 2.75) is 13.3 Å². The highest BCUT2D eigenvalue weighted by Crippen LogP contribution is 1.90. The van der Waals surface area contributed by atoms with E-state index < -0.39 is 0 Å². The third kappa shape index (κ3) is 1.68. The van der Waals surface area contributed by atoms with Crippen LogP contribution in [-0.2, 0) is 6.42 Å². The first-order valence-electron chi connectivity index (χ1n) is 2.89. The van der Waals surface area contributed by atoms with Gasteiger partial charge in [-0.15, -0.1) is 0 Å². The Morgan fingerprint density at radius 1 is 1.78 bits per heavy atom. The average Bonchev–Trinajstić information content (AvgIpc) is 2.34. The first kappa shape index (κ1) is 6.01. The lowest BCUT2D eigenvalue weighted by atomic mass is 10.3. The second-order valence-corrected chi connectivity index (χ2v) is 1.73. The van der Waals surface area contributed by atoms with Crippen LogP contribution in [0.15, 0.2) is 18.3 Å². The summed E-state index contributed by atoms with van der Waals surface area (Å²) >= 11 is 0. The molecule has 0 bridgehead atoms. The molecule has 1 N–H and O–H groups in total. The quantitative estimate of drug-likeness (QED) is 0.594. The molecule has 0 aliphatic rings. The maximum absolute atomic E-state index is 3.87. The highest BCUT2D eigenvalue weighted by Gasteiger charge is 1.87. The Morgan fingerprint density at radius 3 is 3.22 bits per heavy atom. The molecule has 0 fully saturated rings. The zero-order valence-corrected chi connectivity index (χ0v) is 5.33. The van der Waals surface area contributed by atoms with E-state index in [-0.39, 0.29) is 0 Å². The van der Waals surface area contributed by atoms with Crippen molar-refractivity contribution in [3.8, 4) is 0 Å². The van der Waals surface area contributed by atoms with Crippen molar-refractivity contribution >= 4 is 0 Å². The van der Waals surface area contributed by atoms with E-state index in [0.29, 0.717) is 0 Å². The minimum atomic E-state index is 0.868. The largest absolute Gasteiger partial charge is 0.198 e. The Bertz CT molecular complexity index is 176. The lowest BCUT2D eigenvalue weighted by Crippen LogP contribution is -1.78. The molecule has 48 valence electrons. The topological polar surface area (TPSA) is 41.6 Å². The molecule has 0 saturated carbocycles. The number of aromatic amines is 1. The Hall–Kier alpha value is -1.12. The van der Waals surface area contributed by atoms with Gasteiger partial charge >= 0.3 is 0 Å². The predicted molar refractivity (Wildman–Crippen MR) is 34.9 cm³/mol. The molecular weight excluding hydrogens is 114 g/mol. The van der Waals surface area contributed by atoms with Gasteiger partial charge < -0.3 is 0 Å². The van der Waals surface area contributed by atoms with Gasteiger partial charge in [-0.3, -0.25) is 0 Å². The molecule has 3 heteroatoms. The first-order chi connectivity index (χ1) is 4.43. The van der Waals surface area contributed by atoms with E-state index >= 15 is 0 Å². The molecule has 0 aliphatic carbocycles. The molecule has 1 rings (SSSR count). The normalized spacial score (nSPS) is 10.8. The number of rotatable bonds is 2. The molecule has 0 saturated heterocycles. The van der Waals surface area contributed by atoms with Gasteiger partial charge in [-0.05, 0) is 6.92 Å². The molecule has 1 aromatic heterocycles. The fraction of sp³-hybridized carbons (Fsp3) is 0.333. The molecule has 0 amide bonds.